The highest BCUT2D eigenvalue weighted by atomic mass is 19.3. The first-order valence-corrected chi connectivity index (χ1v) is 5.69. The highest BCUT2D eigenvalue weighted by Crippen LogP contribution is 2.25. The zero-order valence-corrected chi connectivity index (χ0v) is 9.48. The van der Waals surface area contributed by atoms with Crippen molar-refractivity contribution in [3.8, 4) is 5.75 Å². The third kappa shape index (κ3) is 3.06. The lowest BCUT2D eigenvalue weighted by Crippen LogP contribution is -2.22. The topological polar surface area (TPSA) is 38.5 Å². The molecule has 1 aromatic rings. The minimum absolute atomic E-state index is 0.193. The van der Waals surface area contributed by atoms with Gasteiger partial charge in [-0.2, -0.15) is 8.78 Å². The van der Waals surface area contributed by atoms with Crippen LogP contribution >= 0.6 is 0 Å². The predicted octanol–water partition coefficient (Wildman–Crippen LogP) is 2.07. The molecule has 1 heterocycles. The van der Waals surface area contributed by atoms with Gasteiger partial charge in [0.05, 0.1) is 0 Å². The summed E-state index contributed by atoms with van der Waals surface area (Å²) in [4.78, 5) is 2.21. The van der Waals surface area contributed by atoms with Gasteiger partial charge in [-0.05, 0) is 43.1 Å². The van der Waals surface area contributed by atoms with Gasteiger partial charge in [-0.15, -0.1) is 0 Å². The molecule has 17 heavy (non-hydrogen) atoms. The van der Waals surface area contributed by atoms with Crippen LogP contribution in [-0.4, -0.2) is 26.2 Å². The van der Waals surface area contributed by atoms with E-state index < -0.39 is 6.61 Å². The Labute approximate surface area is 99.2 Å². The molecule has 1 aromatic carbocycles. The van der Waals surface area contributed by atoms with E-state index in [1.165, 1.54) is 0 Å². The van der Waals surface area contributed by atoms with Gasteiger partial charge in [0.1, 0.15) is 5.75 Å². The molecule has 1 fully saturated rings. The minimum atomic E-state index is -2.77. The number of halogens is 2. The Hall–Kier alpha value is -1.36. The standard InChI is InChI=1S/C12H16F2N2O/c13-12(14)17-11-3-1-10(2-4-11)16-6-5-9(7-15)8-16/h1-4,9,12H,5-8,15H2. The van der Waals surface area contributed by atoms with Crippen LogP contribution in [0.5, 0.6) is 5.75 Å². The van der Waals surface area contributed by atoms with Crippen molar-refractivity contribution in [3.63, 3.8) is 0 Å². The van der Waals surface area contributed by atoms with E-state index in [4.69, 9.17) is 5.73 Å². The highest BCUT2D eigenvalue weighted by molar-refractivity contribution is 5.49. The monoisotopic (exact) mass is 242 g/mol. The van der Waals surface area contributed by atoms with Crippen LogP contribution in [0.25, 0.3) is 0 Å². The van der Waals surface area contributed by atoms with E-state index in [1.54, 1.807) is 24.3 Å². The summed E-state index contributed by atoms with van der Waals surface area (Å²) in [5, 5.41) is 0. The Balaban J connectivity index is 1.98. The predicted molar refractivity (Wildman–Crippen MR) is 62.4 cm³/mol. The SMILES string of the molecule is NCC1CCN(c2ccc(OC(F)F)cc2)C1. The molecule has 3 nitrogen and oxygen atoms in total. The summed E-state index contributed by atoms with van der Waals surface area (Å²) in [6, 6.07) is 6.74. The number of rotatable bonds is 4. The van der Waals surface area contributed by atoms with E-state index in [9.17, 15) is 8.78 Å². The molecule has 1 saturated heterocycles. The van der Waals surface area contributed by atoms with Crippen molar-refractivity contribution < 1.29 is 13.5 Å². The van der Waals surface area contributed by atoms with Crippen LogP contribution in [0, 0.1) is 5.92 Å². The molecule has 1 unspecified atom stereocenters. The molecular formula is C12H16F2N2O. The van der Waals surface area contributed by atoms with E-state index in [2.05, 4.69) is 9.64 Å². The number of hydrogen-bond donors (Lipinski definition) is 1. The van der Waals surface area contributed by atoms with Crippen molar-refractivity contribution in [2.75, 3.05) is 24.5 Å². The van der Waals surface area contributed by atoms with Gasteiger partial charge in [0, 0.05) is 18.8 Å². The Morgan fingerprint density at radius 2 is 2.06 bits per heavy atom. The average molecular weight is 242 g/mol. The van der Waals surface area contributed by atoms with Crippen LogP contribution in [0.1, 0.15) is 6.42 Å². The first-order valence-electron chi connectivity index (χ1n) is 5.69. The normalized spacial score (nSPS) is 20.0. The Kier molecular flexibility index (Phi) is 3.78. The fraction of sp³-hybridized carbons (Fsp3) is 0.500. The Morgan fingerprint density at radius 3 is 2.59 bits per heavy atom. The van der Waals surface area contributed by atoms with Gasteiger partial charge < -0.3 is 15.4 Å². The van der Waals surface area contributed by atoms with Gasteiger partial charge in [0.2, 0.25) is 0 Å². The lowest BCUT2D eigenvalue weighted by atomic mass is 10.1. The van der Waals surface area contributed by atoms with E-state index >= 15 is 0 Å². The quantitative estimate of drug-likeness (QED) is 0.878. The number of nitrogens with two attached hydrogens (primary N) is 1. The van der Waals surface area contributed by atoms with Crippen LogP contribution in [-0.2, 0) is 0 Å². The molecular weight excluding hydrogens is 226 g/mol. The maximum absolute atomic E-state index is 12.0. The summed E-state index contributed by atoms with van der Waals surface area (Å²) in [5.41, 5.74) is 6.65. The van der Waals surface area contributed by atoms with Crippen molar-refractivity contribution in [2.45, 2.75) is 13.0 Å². The molecule has 94 valence electrons. The summed E-state index contributed by atoms with van der Waals surface area (Å²) in [5.74, 6) is 0.727. The highest BCUT2D eigenvalue weighted by Gasteiger charge is 2.21. The van der Waals surface area contributed by atoms with E-state index in [0.29, 0.717) is 12.5 Å². The molecule has 0 radical (unpaired) electrons. The van der Waals surface area contributed by atoms with Gasteiger partial charge in [0.15, 0.2) is 0 Å². The smallest absolute Gasteiger partial charge is 0.387 e. The molecule has 0 amide bonds. The zero-order chi connectivity index (χ0) is 12.3. The maximum atomic E-state index is 12.0. The summed E-state index contributed by atoms with van der Waals surface area (Å²) in [7, 11) is 0. The molecule has 1 atom stereocenters. The molecule has 1 aliphatic rings. The summed E-state index contributed by atoms with van der Waals surface area (Å²) in [6.07, 6.45) is 1.09. The minimum Gasteiger partial charge on any atom is -0.435 e. The summed E-state index contributed by atoms with van der Waals surface area (Å²) >= 11 is 0. The largest absolute Gasteiger partial charge is 0.435 e. The second-order valence-corrected chi connectivity index (χ2v) is 4.21. The van der Waals surface area contributed by atoms with Crippen LogP contribution in [0.2, 0.25) is 0 Å². The molecule has 2 rings (SSSR count). The van der Waals surface area contributed by atoms with Crippen molar-refractivity contribution in [2.24, 2.45) is 11.7 Å². The average Bonchev–Trinajstić information content (AvgIpc) is 2.78. The molecule has 1 aliphatic heterocycles. The fourth-order valence-electron chi connectivity index (χ4n) is 2.10. The molecule has 2 N–H and O–H groups in total. The zero-order valence-electron chi connectivity index (χ0n) is 9.48. The second kappa shape index (κ2) is 5.31. The summed E-state index contributed by atoms with van der Waals surface area (Å²) in [6.45, 7) is -0.166. The molecule has 0 saturated carbocycles. The summed E-state index contributed by atoms with van der Waals surface area (Å²) < 4.78 is 28.2. The molecule has 0 spiro atoms. The van der Waals surface area contributed by atoms with Gasteiger partial charge in [-0.25, -0.2) is 0 Å². The number of anilines is 1. The van der Waals surface area contributed by atoms with Gasteiger partial charge >= 0.3 is 6.61 Å². The van der Waals surface area contributed by atoms with Crippen molar-refractivity contribution in [3.05, 3.63) is 24.3 Å². The Bertz CT molecular complexity index is 356. The number of nitrogens with zero attached hydrogens (tertiary/aromatic N) is 1. The van der Waals surface area contributed by atoms with Crippen LogP contribution in [0.4, 0.5) is 14.5 Å². The first-order chi connectivity index (χ1) is 8.19. The van der Waals surface area contributed by atoms with Gasteiger partial charge in [-0.1, -0.05) is 0 Å². The number of ether oxygens (including phenoxy) is 1. The molecule has 5 heteroatoms. The van der Waals surface area contributed by atoms with Gasteiger partial charge in [0.25, 0.3) is 0 Å². The number of alkyl halides is 2. The fourth-order valence-corrected chi connectivity index (χ4v) is 2.10. The Morgan fingerprint density at radius 1 is 1.35 bits per heavy atom. The lowest BCUT2D eigenvalue weighted by molar-refractivity contribution is -0.0498. The maximum Gasteiger partial charge on any atom is 0.387 e. The number of benzene rings is 1. The van der Waals surface area contributed by atoms with Crippen LogP contribution in [0.15, 0.2) is 24.3 Å². The first kappa shape index (κ1) is 12.1. The number of hydrogen-bond acceptors (Lipinski definition) is 3. The molecule has 0 aromatic heterocycles. The van der Waals surface area contributed by atoms with Gasteiger partial charge in [-0.3, -0.25) is 0 Å². The second-order valence-electron chi connectivity index (χ2n) is 4.21. The van der Waals surface area contributed by atoms with E-state index in [0.717, 1.165) is 25.2 Å². The molecule has 0 aliphatic carbocycles. The molecule has 0 bridgehead atoms. The lowest BCUT2D eigenvalue weighted by Gasteiger charge is -2.18. The third-order valence-corrected chi connectivity index (χ3v) is 3.05. The van der Waals surface area contributed by atoms with E-state index in [-0.39, 0.29) is 5.75 Å². The third-order valence-electron chi connectivity index (χ3n) is 3.05. The van der Waals surface area contributed by atoms with Crippen molar-refractivity contribution >= 4 is 5.69 Å². The van der Waals surface area contributed by atoms with Crippen LogP contribution < -0.4 is 15.4 Å². The van der Waals surface area contributed by atoms with Crippen molar-refractivity contribution in [1.82, 2.24) is 0 Å². The van der Waals surface area contributed by atoms with Crippen LogP contribution in [0.3, 0.4) is 0 Å². The van der Waals surface area contributed by atoms with E-state index in [1.807, 2.05) is 0 Å². The van der Waals surface area contributed by atoms with Crippen molar-refractivity contribution in [1.29, 1.82) is 0 Å².